The maximum absolute atomic E-state index is 13.7. The van der Waals surface area contributed by atoms with Crippen molar-refractivity contribution in [3.8, 4) is 11.5 Å². The van der Waals surface area contributed by atoms with Gasteiger partial charge < -0.3 is 32.8 Å². The van der Waals surface area contributed by atoms with Crippen LogP contribution < -0.4 is 19.8 Å². The summed E-state index contributed by atoms with van der Waals surface area (Å²) >= 11 is 0. The Labute approximate surface area is 363 Å². The maximum Gasteiger partial charge on any atom is 0.338 e. The Bertz CT molecular complexity index is 2070. The van der Waals surface area contributed by atoms with E-state index in [4.69, 9.17) is 32.8 Å². The number of Topliss-reactive ketones (excluding diaryl/α,β-unsaturated/α-hetero) is 1. The van der Waals surface area contributed by atoms with Gasteiger partial charge in [-0.05, 0) is 85.3 Å². The van der Waals surface area contributed by atoms with Crippen LogP contribution in [0.15, 0.2) is 134 Å². The lowest BCUT2D eigenvalue weighted by molar-refractivity contribution is -0.152. The molecule has 0 saturated carbocycles. The molecule has 0 N–H and O–H groups in total. The maximum atomic E-state index is 13.7. The molecule has 5 rings (SSSR count). The van der Waals surface area contributed by atoms with Crippen molar-refractivity contribution in [3.63, 3.8) is 0 Å². The van der Waals surface area contributed by atoms with Crippen molar-refractivity contribution < 1.29 is 42.4 Å². The normalized spacial score (nSPS) is 18.1. The number of methoxy groups -OCH3 is 1. The molecule has 61 heavy (non-hydrogen) atoms. The molecule has 0 aromatic heterocycles. The van der Waals surface area contributed by atoms with Crippen LogP contribution in [-0.2, 0) is 23.4 Å². The fourth-order valence-corrected chi connectivity index (χ4v) is 12.5. The van der Waals surface area contributed by atoms with Crippen molar-refractivity contribution in [2.45, 2.75) is 97.1 Å². The monoisotopic (exact) mass is 846 g/mol. The van der Waals surface area contributed by atoms with E-state index in [0.29, 0.717) is 34.6 Å². The lowest BCUT2D eigenvalue weighted by atomic mass is 9.99. The second-order valence-electron chi connectivity index (χ2n) is 16.8. The molecule has 0 aliphatic carbocycles. The first-order chi connectivity index (χ1) is 29.1. The molecule has 0 spiro atoms. The minimum absolute atomic E-state index is 0.0437. The Morgan fingerprint density at radius 1 is 0.869 bits per heavy atom. The highest BCUT2D eigenvalue weighted by Gasteiger charge is 2.51. The quantitative estimate of drug-likeness (QED) is 0.0283. The number of carbonyl (C=O) groups excluding carboxylic acids is 2. The lowest BCUT2D eigenvalue weighted by Crippen LogP contribution is -2.67. The Kier molecular flexibility index (Phi) is 16.3. The van der Waals surface area contributed by atoms with Crippen LogP contribution in [0.2, 0.25) is 5.04 Å². The van der Waals surface area contributed by atoms with Crippen molar-refractivity contribution in [1.29, 1.82) is 0 Å². The zero-order valence-corrected chi connectivity index (χ0v) is 38.1. The molecular formula is C51H62O9Si. The number of hydrogen-bond donors (Lipinski definition) is 0. The van der Waals surface area contributed by atoms with Crippen molar-refractivity contribution in [1.82, 2.24) is 0 Å². The Balaban J connectivity index is 1.48. The van der Waals surface area contributed by atoms with Gasteiger partial charge in [0.25, 0.3) is 8.32 Å². The average molecular weight is 847 g/mol. The smallest absolute Gasteiger partial charge is 0.338 e. The molecule has 0 bridgehead atoms. The predicted octanol–water partition coefficient (Wildman–Crippen LogP) is 9.74. The van der Waals surface area contributed by atoms with Crippen molar-refractivity contribution in [2.75, 3.05) is 20.5 Å². The SMILES string of the molecule is C=CCOc1cc(/C=C/C[C@@H]2OC(C)(C)O[C@@H]2C(/C=C\[C@@H](C)[C@@H](C)O[Si](c2ccccc2)(c2ccccc2)C(C)(C)C)OC(=O)c2ccccc2)c(C(C)=O)c(OCOC)c1. The summed E-state index contributed by atoms with van der Waals surface area (Å²) in [4.78, 5) is 26.7. The van der Waals surface area contributed by atoms with Crippen molar-refractivity contribution in [2.24, 2.45) is 5.92 Å². The lowest BCUT2D eigenvalue weighted by Gasteiger charge is -2.45. The minimum Gasteiger partial charge on any atom is -0.489 e. The van der Waals surface area contributed by atoms with E-state index in [2.05, 4.69) is 95.8 Å². The van der Waals surface area contributed by atoms with Crippen molar-refractivity contribution >= 4 is 36.5 Å². The van der Waals surface area contributed by atoms with Gasteiger partial charge in [0.1, 0.15) is 30.3 Å². The molecule has 0 radical (unpaired) electrons. The van der Waals surface area contributed by atoms with Gasteiger partial charge in [-0.3, -0.25) is 4.79 Å². The summed E-state index contributed by atoms with van der Waals surface area (Å²) in [5.41, 5.74) is 1.42. The summed E-state index contributed by atoms with van der Waals surface area (Å²) in [6.45, 7) is 20.2. The summed E-state index contributed by atoms with van der Waals surface area (Å²) in [5, 5.41) is 2.20. The van der Waals surface area contributed by atoms with E-state index in [1.807, 2.05) is 50.3 Å². The van der Waals surface area contributed by atoms with E-state index in [1.54, 1.807) is 42.5 Å². The third-order valence-corrected chi connectivity index (χ3v) is 15.9. The molecule has 1 fully saturated rings. The first kappa shape index (κ1) is 47.0. The Morgan fingerprint density at radius 3 is 2.03 bits per heavy atom. The molecule has 4 aromatic carbocycles. The van der Waals surface area contributed by atoms with Gasteiger partial charge in [-0.25, -0.2) is 4.79 Å². The summed E-state index contributed by atoms with van der Waals surface area (Å²) in [7, 11) is -1.34. The van der Waals surface area contributed by atoms with Gasteiger partial charge in [0.2, 0.25) is 0 Å². The van der Waals surface area contributed by atoms with Gasteiger partial charge in [-0.15, -0.1) is 0 Å². The van der Waals surface area contributed by atoms with Gasteiger partial charge in [-0.2, -0.15) is 0 Å². The second-order valence-corrected chi connectivity index (χ2v) is 21.1. The summed E-state index contributed by atoms with van der Waals surface area (Å²) in [6, 6.07) is 33.5. The molecule has 1 saturated heterocycles. The molecule has 1 aliphatic heterocycles. The third-order valence-electron chi connectivity index (χ3n) is 10.7. The van der Waals surface area contributed by atoms with Crippen LogP contribution in [0.3, 0.4) is 0 Å². The highest BCUT2D eigenvalue weighted by Crippen LogP contribution is 2.39. The number of benzene rings is 4. The predicted molar refractivity (Wildman–Crippen MR) is 244 cm³/mol. The standard InChI is InChI=1S/C51H62O9Si/c1-11-32-55-41-33-40(47(37(3)52)46(34-41)56-35-54-10)24-21-29-45-48(59-51(8,9)58-45)44(57-49(53)39-22-15-12-16-23-39)31-30-36(2)38(4)60-61(50(5,6)7,42-25-17-13-18-26-42)43-27-19-14-20-28-43/h11-28,30-31,33-34,36,38,44-45,48H,1,29,32,35H2,2-10H3/b24-21+,31-30-/t36-,38-,44?,45+,48-/m1/s1. The summed E-state index contributed by atoms with van der Waals surface area (Å²) in [5.74, 6) is -0.882. The van der Waals surface area contributed by atoms with Gasteiger partial charge in [-0.1, -0.05) is 137 Å². The first-order valence-electron chi connectivity index (χ1n) is 20.9. The van der Waals surface area contributed by atoms with Gasteiger partial charge in [0, 0.05) is 19.3 Å². The third kappa shape index (κ3) is 11.8. The Hall–Kier alpha value is -5.10. The van der Waals surface area contributed by atoms with Crippen LogP contribution in [0.5, 0.6) is 11.5 Å². The summed E-state index contributed by atoms with van der Waals surface area (Å²) < 4.78 is 43.6. The fourth-order valence-electron chi connectivity index (χ4n) is 7.75. The first-order valence-corrected chi connectivity index (χ1v) is 22.8. The van der Waals surface area contributed by atoms with E-state index in [0.717, 1.165) is 0 Å². The van der Waals surface area contributed by atoms with E-state index in [9.17, 15) is 9.59 Å². The topological polar surface area (TPSA) is 98.8 Å². The van der Waals surface area contributed by atoms with E-state index < -0.39 is 38.4 Å². The zero-order valence-electron chi connectivity index (χ0n) is 37.1. The van der Waals surface area contributed by atoms with E-state index in [-0.39, 0.29) is 36.2 Å². The molecular weight excluding hydrogens is 785 g/mol. The molecule has 0 amide bonds. The van der Waals surface area contributed by atoms with Crippen LogP contribution in [-0.4, -0.2) is 70.8 Å². The molecule has 324 valence electrons. The molecule has 1 heterocycles. The Morgan fingerprint density at radius 2 is 1.48 bits per heavy atom. The minimum atomic E-state index is -2.85. The largest absolute Gasteiger partial charge is 0.489 e. The molecule has 4 aromatic rings. The van der Waals surface area contributed by atoms with Gasteiger partial charge in [0.15, 0.2) is 18.4 Å². The van der Waals surface area contributed by atoms with Crippen LogP contribution in [0.25, 0.3) is 6.08 Å². The van der Waals surface area contributed by atoms with Gasteiger partial charge in [0.05, 0.1) is 17.2 Å². The molecule has 5 atom stereocenters. The number of ketones is 1. The highest BCUT2D eigenvalue weighted by molar-refractivity contribution is 6.99. The van der Waals surface area contributed by atoms with Crippen LogP contribution in [0.1, 0.15) is 88.1 Å². The number of rotatable bonds is 20. The molecule has 1 aliphatic rings. The fraction of sp³-hybridized carbons (Fsp3) is 0.373. The molecule has 1 unspecified atom stereocenters. The van der Waals surface area contributed by atoms with E-state index >= 15 is 0 Å². The van der Waals surface area contributed by atoms with E-state index in [1.165, 1.54) is 24.4 Å². The number of ether oxygens (including phenoxy) is 6. The van der Waals surface area contributed by atoms with Crippen LogP contribution in [0.4, 0.5) is 0 Å². The van der Waals surface area contributed by atoms with Crippen LogP contribution in [0, 0.1) is 5.92 Å². The van der Waals surface area contributed by atoms with Crippen molar-refractivity contribution in [3.05, 3.63) is 151 Å². The molecule has 10 heteroatoms. The van der Waals surface area contributed by atoms with Gasteiger partial charge >= 0.3 is 5.97 Å². The average Bonchev–Trinajstić information content (AvgIpc) is 3.55. The second kappa shape index (κ2) is 21.1. The number of carbonyl (C=O) groups is 2. The molecule has 9 nitrogen and oxygen atoms in total. The summed E-state index contributed by atoms with van der Waals surface area (Å²) in [6.07, 6.45) is 7.49. The number of hydrogen-bond acceptors (Lipinski definition) is 9. The number of esters is 1. The zero-order chi connectivity index (χ0) is 44.2. The van der Waals surface area contributed by atoms with Crippen LogP contribution >= 0.6 is 0 Å². The highest BCUT2D eigenvalue weighted by atomic mass is 28.4.